The molecule has 0 N–H and O–H groups in total. The molecule has 0 bridgehead atoms. The van der Waals surface area contributed by atoms with Crippen LogP contribution in [0.5, 0.6) is 0 Å². The normalized spacial score (nSPS) is 17.2. The zero-order valence-electron chi connectivity index (χ0n) is 17.3. The van der Waals surface area contributed by atoms with Crippen molar-refractivity contribution in [1.82, 2.24) is 0 Å². The summed E-state index contributed by atoms with van der Waals surface area (Å²) in [5.74, 6) is 0. The summed E-state index contributed by atoms with van der Waals surface area (Å²) in [6.07, 6.45) is 5.96. The van der Waals surface area contributed by atoms with E-state index in [1.807, 2.05) is 0 Å². The van der Waals surface area contributed by atoms with E-state index in [2.05, 4.69) is 102 Å². The Hall–Kier alpha value is -1.85. The van der Waals surface area contributed by atoms with Gasteiger partial charge in [-0.2, -0.15) is 0 Å². The minimum atomic E-state index is -3.54. The van der Waals surface area contributed by atoms with Crippen LogP contribution in [0.2, 0.25) is 9.26 Å². The fraction of sp³-hybridized carbons (Fsp3) is 0.222. The van der Waals surface area contributed by atoms with Crippen molar-refractivity contribution >= 4 is 12.6 Å². The number of hydrogen-bond donors (Lipinski definition) is 0. The summed E-state index contributed by atoms with van der Waals surface area (Å²) in [6, 6.07) is 25.1. The van der Waals surface area contributed by atoms with Crippen LogP contribution >= 0.6 is 0 Å². The van der Waals surface area contributed by atoms with Gasteiger partial charge in [-0.25, -0.2) is 0 Å². The number of allylic oxidation sites excluding steroid dienone is 1. The van der Waals surface area contributed by atoms with E-state index in [0.717, 1.165) is 6.42 Å². The third kappa shape index (κ3) is 2.29. The molecule has 0 saturated heterocycles. The average Bonchev–Trinajstić information content (AvgIpc) is 3.30. The van der Waals surface area contributed by atoms with Crippen molar-refractivity contribution in [1.29, 1.82) is 0 Å². The summed E-state index contributed by atoms with van der Waals surface area (Å²) >= 11 is -3.54. The molecule has 1 atom stereocenters. The van der Waals surface area contributed by atoms with Crippen molar-refractivity contribution in [3.05, 3.63) is 95.1 Å². The molecule has 3 aromatic rings. The third-order valence-corrected chi connectivity index (χ3v) is 26.6. The Bertz CT molecular complexity index is 1210. The van der Waals surface area contributed by atoms with E-state index in [1.54, 1.807) is 12.0 Å². The fourth-order valence-corrected chi connectivity index (χ4v) is 18.2. The summed E-state index contributed by atoms with van der Waals surface area (Å²) < 4.78 is 9.23. The molecule has 28 heavy (non-hydrogen) atoms. The van der Waals surface area contributed by atoms with Gasteiger partial charge in [0.25, 0.3) is 0 Å². The van der Waals surface area contributed by atoms with Crippen molar-refractivity contribution in [2.24, 2.45) is 0 Å². The van der Waals surface area contributed by atoms with Crippen molar-refractivity contribution in [2.45, 2.75) is 33.2 Å². The maximum atomic E-state index is 2.67. The molecule has 1 heteroatoms. The summed E-state index contributed by atoms with van der Waals surface area (Å²) in [7, 11) is 0. The van der Waals surface area contributed by atoms with Gasteiger partial charge in [0.15, 0.2) is 0 Å². The maximum absolute atomic E-state index is 3.54. The van der Waals surface area contributed by atoms with Crippen LogP contribution in [0.4, 0.5) is 0 Å². The molecule has 0 fully saturated rings. The number of rotatable bonds is 2. The predicted octanol–water partition coefficient (Wildman–Crippen LogP) is 6.65. The fourth-order valence-electron chi connectivity index (χ4n) is 5.63. The molecular formula is C27H28Zr. The van der Waals surface area contributed by atoms with E-state index >= 15 is 0 Å². The van der Waals surface area contributed by atoms with Crippen molar-refractivity contribution < 1.29 is 18.3 Å². The van der Waals surface area contributed by atoms with E-state index in [1.165, 1.54) is 27.8 Å². The SMILES string of the molecule is C[C](C)=[Zr]([CH3])([CH3])([c]1cccc2c1Cc1ccccc1-2)[CH]1C=Cc2ccccc21. The molecule has 0 aliphatic heterocycles. The van der Waals surface area contributed by atoms with Gasteiger partial charge in [0, 0.05) is 0 Å². The molecule has 2 aliphatic carbocycles. The number of hydrogen-bond acceptors (Lipinski definition) is 0. The molecule has 5 rings (SSSR count). The Morgan fingerprint density at radius 3 is 2.36 bits per heavy atom. The first-order valence-corrected chi connectivity index (χ1v) is 19.2. The molecule has 3 aromatic carbocycles. The van der Waals surface area contributed by atoms with E-state index in [9.17, 15) is 0 Å². The number of fused-ring (bicyclic) bond motifs is 4. The van der Waals surface area contributed by atoms with Crippen LogP contribution in [0.15, 0.2) is 72.8 Å². The van der Waals surface area contributed by atoms with Gasteiger partial charge in [0.1, 0.15) is 0 Å². The topological polar surface area (TPSA) is 0 Å². The molecule has 140 valence electrons. The van der Waals surface area contributed by atoms with E-state index < -0.39 is 18.3 Å². The predicted molar refractivity (Wildman–Crippen MR) is 121 cm³/mol. The van der Waals surface area contributed by atoms with E-state index in [4.69, 9.17) is 0 Å². The van der Waals surface area contributed by atoms with E-state index in [-0.39, 0.29) is 0 Å². The molecule has 1 unspecified atom stereocenters. The van der Waals surface area contributed by atoms with Crippen LogP contribution in [0, 0.1) is 0 Å². The Balaban J connectivity index is 1.81. The first-order chi connectivity index (χ1) is 13.4. The van der Waals surface area contributed by atoms with Crippen LogP contribution in [0.25, 0.3) is 17.2 Å². The molecule has 0 spiro atoms. The number of benzene rings is 3. The average molecular weight is 444 g/mol. The second-order valence-electron chi connectivity index (χ2n) is 9.62. The van der Waals surface area contributed by atoms with Gasteiger partial charge in [0.2, 0.25) is 0 Å². The molecule has 2 aliphatic rings. The zero-order valence-corrected chi connectivity index (χ0v) is 19.7. The Morgan fingerprint density at radius 2 is 1.54 bits per heavy atom. The molecule has 0 aromatic heterocycles. The summed E-state index contributed by atoms with van der Waals surface area (Å²) in [6.45, 7) is 4.81. The van der Waals surface area contributed by atoms with Gasteiger partial charge in [-0.05, 0) is 0 Å². The quantitative estimate of drug-likeness (QED) is 0.325. The molecular weight excluding hydrogens is 416 g/mol. The molecule has 0 saturated carbocycles. The first kappa shape index (κ1) is 18.2. The van der Waals surface area contributed by atoms with Crippen LogP contribution in [0.3, 0.4) is 0 Å². The molecule has 0 heterocycles. The molecule has 0 amide bonds. The Kier molecular flexibility index (Phi) is 3.95. The van der Waals surface area contributed by atoms with Crippen molar-refractivity contribution in [2.75, 3.05) is 0 Å². The standard InChI is InChI=1S/C13H9.C9H7.C3H6.2CH3.Zr/c1-3-7-12-10(5-1)9-11-6-2-4-8-13(11)12;1-2-5-9-7-3-6-8(9)4-1;1-3-2;;;/h1-5,7-8H,9H2;1-7H;1-2H3;2*1H3;. The van der Waals surface area contributed by atoms with Gasteiger partial charge in [-0.1, -0.05) is 0 Å². The second kappa shape index (κ2) is 6.07. The summed E-state index contributed by atoms with van der Waals surface area (Å²) in [4.78, 5) is 0. The van der Waals surface area contributed by atoms with Crippen LogP contribution in [-0.2, 0) is 24.7 Å². The molecule has 0 nitrogen and oxygen atoms in total. The Labute approximate surface area is 169 Å². The summed E-state index contributed by atoms with van der Waals surface area (Å²) in [5.41, 5.74) is 8.93. The zero-order chi connectivity index (χ0) is 19.5. The van der Waals surface area contributed by atoms with Crippen LogP contribution in [0.1, 0.15) is 39.7 Å². The van der Waals surface area contributed by atoms with Gasteiger partial charge in [-0.15, -0.1) is 0 Å². The summed E-state index contributed by atoms with van der Waals surface area (Å²) in [5, 5.41) is 0. The monoisotopic (exact) mass is 442 g/mol. The third-order valence-electron chi connectivity index (χ3n) is 7.95. The minimum absolute atomic E-state index is 0.540. The first-order valence-electron chi connectivity index (χ1n) is 10.4. The Morgan fingerprint density at radius 1 is 0.821 bits per heavy atom. The van der Waals surface area contributed by atoms with Crippen LogP contribution in [-0.4, -0.2) is 3.21 Å². The second-order valence-corrected chi connectivity index (χ2v) is 27.2. The molecule has 0 radical (unpaired) electrons. The van der Waals surface area contributed by atoms with Crippen molar-refractivity contribution in [3.63, 3.8) is 0 Å². The van der Waals surface area contributed by atoms with Gasteiger partial charge < -0.3 is 0 Å². The van der Waals surface area contributed by atoms with Gasteiger partial charge in [0.05, 0.1) is 0 Å². The van der Waals surface area contributed by atoms with E-state index in [0.29, 0.717) is 3.63 Å². The van der Waals surface area contributed by atoms with Gasteiger partial charge >= 0.3 is 170 Å². The van der Waals surface area contributed by atoms with Gasteiger partial charge in [-0.3, -0.25) is 0 Å². The van der Waals surface area contributed by atoms with Crippen LogP contribution < -0.4 is 3.27 Å². The van der Waals surface area contributed by atoms with Crippen molar-refractivity contribution in [3.8, 4) is 11.1 Å².